The van der Waals surface area contributed by atoms with Crippen LogP contribution in [0.4, 0.5) is 0 Å². The Kier molecular flexibility index (Phi) is 4.33. The Morgan fingerprint density at radius 3 is 2.94 bits per heavy atom. The third-order valence-electron chi connectivity index (χ3n) is 2.56. The number of halogens is 1. The van der Waals surface area contributed by atoms with Crippen LogP contribution in [0.15, 0.2) is 29.0 Å². The molecule has 6 heteroatoms. The third kappa shape index (κ3) is 3.08. The van der Waals surface area contributed by atoms with Crippen molar-refractivity contribution in [2.45, 2.75) is 13.2 Å². The predicted molar refractivity (Wildman–Crippen MR) is 72.2 cm³/mol. The number of hydrogen-bond acceptors (Lipinski definition) is 4. The highest BCUT2D eigenvalue weighted by Crippen LogP contribution is 2.23. The average Bonchev–Trinajstić information content (AvgIpc) is 2.76. The second-order valence-corrected chi connectivity index (χ2v) is 4.78. The molecule has 5 nitrogen and oxygen atoms in total. The summed E-state index contributed by atoms with van der Waals surface area (Å²) in [6.07, 6.45) is 1.66. The van der Waals surface area contributed by atoms with Crippen LogP contribution in [0.25, 0.3) is 0 Å². The van der Waals surface area contributed by atoms with Crippen molar-refractivity contribution in [1.82, 2.24) is 20.1 Å². The molecule has 0 aliphatic rings. The normalized spacial score (nSPS) is 10.6. The summed E-state index contributed by atoms with van der Waals surface area (Å²) in [5, 5.41) is 10.9. The Morgan fingerprint density at radius 2 is 2.28 bits per heavy atom. The third-order valence-corrected chi connectivity index (χ3v) is 3.33. The molecule has 0 radical (unpaired) electrons. The number of aromatic nitrogens is 3. The standard InChI is InChI=1S/C12H15BrN4O/c1-14-6-9-5-10(3-4-11(9)13)18-7-12-16-15-8-17(12)2/h3-5,8,14H,6-7H2,1-2H3. The maximum atomic E-state index is 5.70. The number of ether oxygens (including phenoxy) is 1. The number of nitrogens with zero attached hydrogens (tertiary/aromatic N) is 3. The van der Waals surface area contributed by atoms with Gasteiger partial charge in [0.2, 0.25) is 0 Å². The summed E-state index contributed by atoms with van der Waals surface area (Å²) in [6.45, 7) is 1.21. The highest BCUT2D eigenvalue weighted by molar-refractivity contribution is 9.10. The summed E-state index contributed by atoms with van der Waals surface area (Å²) in [4.78, 5) is 0. The van der Waals surface area contributed by atoms with Gasteiger partial charge in [0.15, 0.2) is 5.82 Å². The van der Waals surface area contributed by atoms with Gasteiger partial charge >= 0.3 is 0 Å². The Balaban J connectivity index is 2.05. The first-order chi connectivity index (χ1) is 8.70. The lowest BCUT2D eigenvalue weighted by Crippen LogP contribution is -2.07. The maximum Gasteiger partial charge on any atom is 0.170 e. The zero-order chi connectivity index (χ0) is 13.0. The molecule has 1 N–H and O–H groups in total. The van der Waals surface area contributed by atoms with Gasteiger partial charge in [-0.15, -0.1) is 10.2 Å². The molecule has 0 fully saturated rings. The molecule has 0 atom stereocenters. The fraction of sp³-hybridized carbons (Fsp3) is 0.333. The molecule has 0 aliphatic heterocycles. The van der Waals surface area contributed by atoms with Crippen molar-refractivity contribution in [2.24, 2.45) is 7.05 Å². The van der Waals surface area contributed by atoms with Gasteiger partial charge in [-0.25, -0.2) is 0 Å². The summed E-state index contributed by atoms with van der Waals surface area (Å²) >= 11 is 3.51. The number of nitrogens with one attached hydrogen (secondary N) is 1. The van der Waals surface area contributed by atoms with Gasteiger partial charge in [0.1, 0.15) is 18.7 Å². The highest BCUT2D eigenvalue weighted by atomic mass is 79.9. The summed E-state index contributed by atoms with van der Waals surface area (Å²) < 4.78 is 8.61. The van der Waals surface area contributed by atoms with Crippen molar-refractivity contribution in [3.63, 3.8) is 0 Å². The zero-order valence-electron chi connectivity index (χ0n) is 10.4. The van der Waals surface area contributed by atoms with Crippen molar-refractivity contribution >= 4 is 15.9 Å². The summed E-state index contributed by atoms with van der Waals surface area (Å²) in [6, 6.07) is 5.93. The predicted octanol–water partition coefficient (Wildman–Crippen LogP) is 1.88. The number of rotatable bonds is 5. The molecule has 0 saturated heterocycles. The summed E-state index contributed by atoms with van der Waals surface area (Å²) in [5.74, 6) is 1.62. The van der Waals surface area contributed by atoms with Gasteiger partial charge in [-0.05, 0) is 30.8 Å². The second-order valence-electron chi connectivity index (χ2n) is 3.93. The van der Waals surface area contributed by atoms with Gasteiger partial charge in [0.25, 0.3) is 0 Å². The Hall–Kier alpha value is -1.40. The fourth-order valence-corrected chi connectivity index (χ4v) is 1.94. The molecule has 0 amide bonds. The topological polar surface area (TPSA) is 52.0 Å². The van der Waals surface area contributed by atoms with Crippen LogP contribution in [0.5, 0.6) is 5.75 Å². The van der Waals surface area contributed by atoms with Crippen LogP contribution in [0.3, 0.4) is 0 Å². The van der Waals surface area contributed by atoms with Crippen LogP contribution in [0.1, 0.15) is 11.4 Å². The van der Waals surface area contributed by atoms with E-state index in [4.69, 9.17) is 4.74 Å². The van der Waals surface area contributed by atoms with Gasteiger partial charge in [0, 0.05) is 18.1 Å². The van der Waals surface area contributed by atoms with E-state index in [-0.39, 0.29) is 0 Å². The van der Waals surface area contributed by atoms with Crippen LogP contribution >= 0.6 is 15.9 Å². The molecule has 2 aromatic rings. The van der Waals surface area contributed by atoms with E-state index >= 15 is 0 Å². The van der Waals surface area contributed by atoms with Crippen molar-refractivity contribution in [1.29, 1.82) is 0 Å². The van der Waals surface area contributed by atoms with Crippen LogP contribution in [0.2, 0.25) is 0 Å². The Labute approximate surface area is 114 Å². The van der Waals surface area contributed by atoms with Crippen molar-refractivity contribution < 1.29 is 4.74 Å². The van der Waals surface area contributed by atoms with Gasteiger partial charge in [-0.1, -0.05) is 15.9 Å². The number of benzene rings is 1. The van der Waals surface area contributed by atoms with E-state index in [1.807, 2.05) is 36.9 Å². The SMILES string of the molecule is CNCc1cc(OCc2nncn2C)ccc1Br. The lowest BCUT2D eigenvalue weighted by molar-refractivity contribution is 0.291. The molecule has 0 bridgehead atoms. The zero-order valence-corrected chi connectivity index (χ0v) is 11.9. The molecule has 1 heterocycles. The summed E-state index contributed by atoms with van der Waals surface area (Å²) in [5.41, 5.74) is 1.16. The Morgan fingerprint density at radius 1 is 1.44 bits per heavy atom. The van der Waals surface area contributed by atoms with Crippen LogP contribution in [-0.4, -0.2) is 21.8 Å². The van der Waals surface area contributed by atoms with Crippen LogP contribution < -0.4 is 10.1 Å². The highest BCUT2D eigenvalue weighted by Gasteiger charge is 2.04. The molecule has 0 spiro atoms. The molecular formula is C12H15BrN4O. The van der Waals surface area contributed by atoms with E-state index < -0.39 is 0 Å². The monoisotopic (exact) mass is 310 g/mol. The van der Waals surface area contributed by atoms with Crippen LogP contribution in [-0.2, 0) is 20.2 Å². The smallest absolute Gasteiger partial charge is 0.170 e. The van der Waals surface area contributed by atoms with Crippen LogP contribution in [0, 0.1) is 0 Å². The van der Waals surface area contributed by atoms with Gasteiger partial charge in [-0.2, -0.15) is 0 Å². The molecule has 0 saturated carbocycles. The fourth-order valence-electron chi connectivity index (χ4n) is 1.55. The summed E-state index contributed by atoms with van der Waals surface area (Å²) in [7, 11) is 3.81. The molecular weight excluding hydrogens is 296 g/mol. The minimum absolute atomic E-state index is 0.414. The van der Waals surface area contributed by atoms with E-state index in [1.54, 1.807) is 6.33 Å². The van der Waals surface area contributed by atoms with E-state index in [0.717, 1.165) is 28.2 Å². The molecule has 2 rings (SSSR count). The quantitative estimate of drug-likeness (QED) is 0.916. The van der Waals surface area contributed by atoms with Gasteiger partial charge in [-0.3, -0.25) is 0 Å². The first-order valence-corrected chi connectivity index (χ1v) is 6.38. The van der Waals surface area contributed by atoms with E-state index in [2.05, 4.69) is 31.4 Å². The minimum Gasteiger partial charge on any atom is -0.486 e. The maximum absolute atomic E-state index is 5.70. The van der Waals surface area contributed by atoms with Gasteiger partial charge in [0.05, 0.1) is 0 Å². The van der Waals surface area contributed by atoms with Gasteiger partial charge < -0.3 is 14.6 Å². The average molecular weight is 311 g/mol. The molecule has 96 valence electrons. The number of hydrogen-bond donors (Lipinski definition) is 1. The van der Waals surface area contributed by atoms with E-state index in [9.17, 15) is 0 Å². The molecule has 1 aromatic heterocycles. The number of aryl methyl sites for hydroxylation is 1. The molecule has 0 aliphatic carbocycles. The van der Waals surface area contributed by atoms with Crippen molar-refractivity contribution in [3.05, 3.63) is 40.4 Å². The lowest BCUT2D eigenvalue weighted by Gasteiger charge is -2.09. The lowest BCUT2D eigenvalue weighted by atomic mass is 10.2. The second kappa shape index (κ2) is 5.97. The molecule has 18 heavy (non-hydrogen) atoms. The first kappa shape index (κ1) is 13.0. The molecule has 0 unspecified atom stereocenters. The largest absolute Gasteiger partial charge is 0.486 e. The first-order valence-electron chi connectivity index (χ1n) is 5.59. The minimum atomic E-state index is 0.414. The molecule has 1 aromatic carbocycles. The van der Waals surface area contributed by atoms with Crippen molar-refractivity contribution in [2.75, 3.05) is 7.05 Å². The van der Waals surface area contributed by atoms with Crippen molar-refractivity contribution in [3.8, 4) is 5.75 Å². The van der Waals surface area contributed by atoms with E-state index in [0.29, 0.717) is 6.61 Å². The Bertz CT molecular complexity index is 527. The van der Waals surface area contributed by atoms with E-state index in [1.165, 1.54) is 0 Å².